The summed E-state index contributed by atoms with van der Waals surface area (Å²) in [5.41, 5.74) is 0.0861. The third-order valence-electron chi connectivity index (χ3n) is 3.69. The highest BCUT2D eigenvalue weighted by molar-refractivity contribution is 9.10. The highest BCUT2D eigenvalue weighted by Crippen LogP contribution is 2.36. The number of ketones is 1. The molecule has 0 radical (unpaired) electrons. The lowest BCUT2D eigenvalue weighted by molar-refractivity contribution is -0.0108. The second-order valence-corrected chi connectivity index (χ2v) is 9.72. The maximum atomic E-state index is 15.1. The summed E-state index contributed by atoms with van der Waals surface area (Å²) >= 11 is 3.26. The second-order valence-electron chi connectivity index (χ2n) is 6.80. The zero-order valence-corrected chi connectivity index (χ0v) is 17.0. The number of halogens is 3. The van der Waals surface area contributed by atoms with Crippen molar-refractivity contribution in [3.63, 3.8) is 0 Å². The third kappa shape index (κ3) is 4.84. The SMILES string of the molecule is CC(C)(C)S(=O)N[C@H](c1ccc(Br)cc1)C(F)(F)C(=O)c1ccccc1. The van der Waals surface area contributed by atoms with Crippen molar-refractivity contribution in [3.8, 4) is 0 Å². The average molecular weight is 444 g/mol. The van der Waals surface area contributed by atoms with Crippen molar-refractivity contribution in [2.24, 2.45) is 0 Å². The molecule has 0 amide bonds. The van der Waals surface area contributed by atoms with Gasteiger partial charge in [0.25, 0.3) is 0 Å². The zero-order valence-electron chi connectivity index (χ0n) is 14.6. The molecule has 0 aliphatic heterocycles. The number of benzene rings is 2. The van der Waals surface area contributed by atoms with Crippen LogP contribution in [-0.4, -0.2) is 20.7 Å². The molecule has 0 aliphatic rings. The molecule has 2 rings (SSSR count). The van der Waals surface area contributed by atoms with Crippen LogP contribution in [0.4, 0.5) is 8.78 Å². The Labute approximate surface area is 162 Å². The maximum absolute atomic E-state index is 15.1. The number of hydrogen-bond acceptors (Lipinski definition) is 2. The molecule has 0 bridgehead atoms. The van der Waals surface area contributed by atoms with Gasteiger partial charge in [-0.15, -0.1) is 0 Å². The quantitative estimate of drug-likeness (QED) is 0.634. The minimum Gasteiger partial charge on any atom is -0.287 e. The van der Waals surface area contributed by atoms with E-state index >= 15 is 8.78 Å². The van der Waals surface area contributed by atoms with Gasteiger partial charge in [-0.3, -0.25) is 4.79 Å². The average Bonchev–Trinajstić information content (AvgIpc) is 2.59. The predicted molar refractivity (Wildman–Crippen MR) is 104 cm³/mol. The molecule has 0 aliphatic carbocycles. The van der Waals surface area contributed by atoms with Crippen LogP contribution in [0, 0.1) is 0 Å². The van der Waals surface area contributed by atoms with Crippen LogP contribution >= 0.6 is 15.9 Å². The molecular formula is C19H20BrF2NO2S. The summed E-state index contributed by atoms with van der Waals surface area (Å²) in [7, 11) is -1.79. The Morgan fingerprint density at radius 1 is 1.04 bits per heavy atom. The minimum atomic E-state index is -3.78. The Balaban J connectivity index is 2.46. The fraction of sp³-hybridized carbons (Fsp3) is 0.316. The summed E-state index contributed by atoms with van der Waals surface area (Å²) in [6.07, 6.45) is 0. The largest absolute Gasteiger partial charge is 0.329 e. The van der Waals surface area contributed by atoms with Gasteiger partial charge in [0.1, 0.15) is 6.04 Å². The van der Waals surface area contributed by atoms with E-state index < -0.39 is 33.5 Å². The number of Topliss-reactive ketones (excluding diaryl/α,β-unsaturated/α-hetero) is 1. The maximum Gasteiger partial charge on any atom is 0.329 e. The van der Waals surface area contributed by atoms with E-state index in [2.05, 4.69) is 20.7 Å². The van der Waals surface area contributed by atoms with Crippen LogP contribution in [-0.2, 0) is 11.0 Å². The summed E-state index contributed by atoms with van der Waals surface area (Å²) in [6.45, 7) is 5.02. The van der Waals surface area contributed by atoms with Gasteiger partial charge in [0.15, 0.2) is 0 Å². The molecule has 2 atom stereocenters. The predicted octanol–water partition coefficient (Wildman–Crippen LogP) is 5.06. The van der Waals surface area contributed by atoms with Crippen LogP contribution in [0.3, 0.4) is 0 Å². The monoisotopic (exact) mass is 443 g/mol. The zero-order chi connectivity index (χ0) is 19.5. The van der Waals surface area contributed by atoms with Gasteiger partial charge in [-0.05, 0) is 38.5 Å². The van der Waals surface area contributed by atoms with Gasteiger partial charge in [-0.2, -0.15) is 8.78 Å². The highest BCUT2D eigenvalue weighted by atomic mass is 79.9. The molecule has 26 heavy (non-hydrogen) atoms. The first-order valence-corrected chi connectivity index (χ1v) is 9.89. The Hall–Kier alpha value is -1.44. The molecule has 3 nitrogen and oxygen atoms in total. The molecule has 0 saturated carbocycles. The van der Waals surface area contributed by atoms with Crippen LogP contribution in [0.25, 0.3) is 0 Å². The lowest BCUT2D eigenvalue weighted by Crippen LogP contribution is -2.47. The summed E-state index contributed by atoms with van der Waals surface area (Å²) in [5.74, 6) is -5.10. The summed E-state index contributed by atoms with van der Waals surface area (Å²) < 4.78 is 45.2. The van der Waals surface area contributed by atoms with Crippen molar-refractivity contribution in [2.75, 3.05) is 0 Å². The van der Waals surface area contributed by atoms with E-state index in [1.54, 1.807) is 39.0 Å². The van der Waals surface area contributed by atoms with E-state index in [1.165, 1.54) is 36.4 Å². The molecule has 0 heterocycles. The molecular weight excluding hydrogens is 424 g/mol. The molecule has 140 valence electrons. The van der Waals surface area contributed by atoms with Gasteiger partial charge < -0.3 is 0 Å². The molecule has 0 spiro atoms. The number of rotatable bonds is 6. The van der Waals surface area contributed by atoms with Crippen LogP contribution in [0.5, 0.6) is 0 Å². The number of alkyl halides is 2. The topological polar surface area (TPSA) is 46.2 Å². The molecule has 7 heteroatoms. The first kappa shape index (κ1) is 20.9. The molecule has 0 aromatic heterocycles. The van der Waals surface area contributed by atoms with Crippen molar-refractivity contribution in [3.05, 3.63) is 70.2 Å². The fourth-order valence-electron chi connectivity index (χ4n) is 2.20. The van der Waals surface area contributed by atoms with Crippen molar-refractivity contribution in [1.82, 2.24) is 4.72 Å². The second kappa shape index (κ2) is 8.06. The van der Waals surface area contributed by atoms with Gasteiger partial charge in [0.05, 0.1) is 15.7 Å². The van der Waals surface area contributed by atoms with E-state index in [-0.39, 0.29) is 11.1 Å². The van der Waals surface area contributed by atoms with Gasteiger partial charge in [0.2, 0.25) is 5.78 Å². The Bertz CT molecular complexity index is 789. The van der Waals surface area contributed by atoms with Gasteiger partial charge in [-0.25, -0.2) is 8.93 Å². The summed E-state index contributed by atoms with van der Waals surface area (Å²) in [5, 5.41) is 0. The van der Waals surface area contributed by atoms with E-state index in [1.807, 2.05) is 0 Å². The van der Waals surface area contributed by atoms with Crippen molar-refractivity contribution < 1.29 is 17.8 Å². The number of carbonyl (C=O) groups is 1. The van der Waals surface area contributed by atoms with E-state index in [9.17, 15) is 9.00 Å². The van der Waals surface area contributed by atoms with E-state index in [4.69, 9.17) is 0 Å². The van der Waals surface area contributed by atoms with Crippen LogP contribution in [0.15, 0.2) is 59.1 Å². The van der Waals surface area contributed by atoms with E-state index in [0.717, 1.165) is 4.47 Å². The molecule has 1 N–H and O–H groups in total. The summed E-state index contributed by atoms with van der Waals surface area (Å²) in [4.78, 5) is 12.5. The fourth-order valence-corrected chi connectivity index (χ4v) is 3.32. The standard InChI is InChI=1S/C19H20BrF2NO2S/c1-18(2,3)26(25)23-16(13-9-11-15(20)12-10-13)19(21,22)17(24)14-7-5-4-6-8-14/h4-12,16,23H,1-3H3/t16-,26?/m1/s1. The minimum absolute atomic E-state index is 0.0945. The summed E-state index contributed by atoms with van der Waals surface area (Å²) in [6, 6.07) is 11.8. The van der Waals surface area contributed by atoms with Gasteiger partial charge in [0, 0.05) is 10.0 Å². The normalized spacial score (nSPS) is 14.7. The third-order valence-corrected chi connectivity index (χ3v) is 5.78. The van der Waals surface area contributed by atoms with Crippen molar-refractivity contribution in [2.45, 2.75) is 37.5 Å². The molecule has 1 unspecified atom stereocenters. The molecule has 2 aromatic carbocycles. The molecule has 0 saturated heterocycles. The first-order chi connectivity index (χ1) is 12.0. The van der Waals surface area contributed by atoms with Crippen molar-refractivity contribution in [1.29, 1.82) is 0 Å². The first-order valence-electron chi connectivity index (χ1n) is 7.94. The Morgan fingerprint density at radius 3 is 2.08 bits per heavy atom. The van der Waals surface area contributed by atoms with Gasteiger partial charge in [-0.1, -0.05) is 58.4 Å². The van der Waals surface area contributed by atoms with Crippen LogP contribution < -0.4 is 4.72 Å². The lowest BCUT2D eigenvalue weighted by atomic mass is 9.95. The number of carbonyl (C=O) groups excluding carboxylic acids is 1. The lowest BCUT2D eigenvalue weighted by Gasteiger charge is -2.29. The Kier molecular flexibility index (Phi) is 6.47. The number of nitrogens with one attached hydrogen (secondary N) is 1. The van der Waals surface area contributed by atoms with Crippen LogP contribution in [0.2, 0.25) is 0 Å². The molecule has 2 aromatic rings. The number of hydrogen-bond donors (Lipinski definition) is 1. The highest BCUT2D eigenvalue weighted by Gasteiger charge is 2.49. The van der Waals surface area contributed by atoms with Crippen molar-refractivity contribution >= 4 is 32.7 Å². The Morgan fingerprint density at radius 2 is 1.58 bits per heavy atom. The smallest absolute Gasteiger partial charge is 0.287 e. The van der Waals surface area contributed by atoms with Crippen LogP contribution in [0.1, 0.15) is 42.7 Å². The molecule has 0 fully saturated rings. The van der Waals surface area contributed by atoms with Gasteiger partial charge >= 0.3 is 5.92 Å². The van der Waals surface area contributed by atoms with E-state index in [0.29, 0.717) is 0 Å².